The molecule has 2 aromatic carbocycles. The molecule has 128 valence electrons. The summed E-state index contributed by atoms with van der Waals surface area (Å²) in [7, 11) is 0. The Bertz CT molecular complexity index is 753. The monoisotopic (exact) mass is 335 g/mol. The van der Waals surface area contributed by atoms with Crippen molar-refractivity contribution in [3.05, 3.63) is 71.8 Å². The van der Waals surface area contributed by atoms with E-state index < -0.39 is 6.10 Å². The molecular weight excluding hydrogens is 314 g/mol. The molecule has 25 heavy (non-hydrogen) atoms. The smallest absolute Gasteiger partial charge is 0.296 e. The number of hydrogen-bond donors (Lipinski definition) is 0. The molecule has 0 N–H and O–H groups in total. The lowest BCUT2D eigenvalue weighted by Gasteiger charge is -2.35. The number of rotatable bonds is 3. The third kappa shape index (κ3) is 3.56. The summed E-state index contributed by atoms with van der Waals surface area (Å²) in [6.07, 6.45) is -0.599. The number of carbonyl (C=O) groups excluding carboxylic acids is 1. The Hall–Kier alpha value is -2.66. The van der Waals surface area contributed by atoms with Crippen LogP contribution >= 0.6 is 0 Å². The zero-order valence-corrected chi connectivity index (χ0v) is 14.0. The fourth-order valence-electron chi connectivity index (χ4n) is 3.26. The van der Waals surface area contributed by atoms with E-state index in [-0.39, 0.29) is 5.91 Å². The molecule has 2 aliphatic heterocycles. The van der Waals surface area contributed by atoms with E-state index >= 15 is 0 Å². The summed E-state index contributed by atoms with van der Waals surface area (Å²) in [6, 6.07) is 20.5. The number of ether oxygens (including phenoxy) is 1. The number of amidine groups is 1. The van der Waals surface area contributed by atoms with E-state index in [1.54, 1.807) is 0 Å². The molecular formula is C20H21N3O2. The summed E-state index contributed by atoms with van der Waals surface area (Å²) in [4.78, 5) is 20.8. The van der Waals surface area contributed by atoms with Crippen molar-refractivity contribution >= 4 is 11.9 Å². The van der Waals surface area contributed by atoms with Crippen molar-refractivity contribution in [1.29, 1.82) is 0 Å². The molecule has 0 saturated carbocycles. The van der Waals surface area contributed by atoms with Crippen molar-refractivity contribution in [3.8, 4) is 0 Å². The molecule has 0 aromatic heterocycles. The van der Waals surface area contributed by atoms with Gasteiger partial charge in [-0.3, -0.25) is 9.69 Å². The lowest BCUT2D eigenvalue weighted by Crippen LogP contribution is -2.48. The first kappa shape index (κ1) is 15.8. The van der Waals surface area contributed by atoms with Gasteiger partial charge in [0.1, 0.15) is 0 Å². The van der Waals surface area contributed by atoms with E-state index in [2.05, 4.69) is 39.1 Å². The van der Waals surface area contributed by atoms with Gasteiger partial charge in [0, 0.05) is 38.3 Å². The third-order valence-electron chi connectivity index (χ3n) is 4.65. The van der Waals surface area contributed by atoms with Crippen LogP contribution in [0.4, 0.5) is 0 Å². The number of carbonyl (C=O) groups is 1. The summed E-state index contributed by atoms with van der Waals surface area (Å²) in [5.41, 5.74) is 2.18. The Morgan fingerprint density at radius 1 is 0.920 bits per heavy atom. The molecule has 0 bridgehead atoms. The first-order chi connectivity index (χ1) is 12.3. The number of benzene rings is 2. The zero-order chi connectivity index (χ0) is 17.1. The summed E-state index contributed by atoms with van der Waals surface area (Å²) in [5, 5.41) is 0. The number of aliphatic imine (C=N–C) groups is 1. The summed E-state index contributed by atoms with van der Waals surface area (Å²) < 4.78 is 5.86. The highest BCUT2D eigenvalue weighted by molar-refractivity contribution is 5.99. The predicted octanol–water partition coefficient (Wildman–Crippen LogP) is 2.46. The zero-order valence-electron chi connectivity index (χ0n) is 14.0. The van der Waals surface area contributed by atoms with E-state index in [1.807, 2.05) is 36.4 Å². The summed E-state index contributed by atoms with van der Waals surface area (Å²) >= 11 is 0. The van der Waals surface area contributed by atoms with Crippen LogP contribution in [-0.4, -0.2) is 47.9 Å². The van der Waals surface area contributed by atoms with Gasteiger partial charge in [-0.1, -0.05) is 60.7 Å². The van der Waals surface area contributed by atoms with Crippen molar-refractivity contribution in [2.45, 2.75) is 12.6 Å². The van der Waals surface area contributed by atoms with Crippen molar-refractivity contribution in [2.75, 3.05) is 26.2 Å². The van der Waals surface area contributed by atoms with Crippen molar-refractivity contribution in [3.63, 3.8) is 0 Å². The quantitative estimate of drug-likeness (QED) is 0.864. The summed E-state index contributed by atoms with van der Waals surface area (Å²) in [6.45, 7) is 4.46. The number of nitrogens with zero attached hydrogens (tertiary/aromatic N) is 3. The molecule has 5 nitrogen and oxygen atoms in total. The maximum atomic E-state index is 12.2. The van der Waals surface area contributed by atoms with E-state index in [0.717, 1.165) is 38.3 Å². The summed E-state index contributed by atoms with van der Waals surface area (Å²) in [5.74, 6) is -0.215. The van der Waals surface area contributed by atoms with Crippen molar-refractivity contribution in [1.82, 2.24) is 9.80 Å². The van der Waals surface area contributed by atoms with Crippen LogP contribution in [0.5, 0.6) is 0 Å². The van der Waals surface area contributed by atoms with Crippen LogP contribution in [0.1, 0.15) is 17.2 Å². The maximum absolute atomic E-state index is 12.2. The first-order valence-electron chi connectivity index (χ1n) is 8.65. The third-order valence-corrected chi connectivity index (χ3v) is 4.65. The first-order valence-corrected chi connectivity index (χ1v) is 8.65. The molecule has 0 spiro atoms. The van der Waals surface area contributed by atoms with Gasteiger partial charge in [0.05, 0.1) is 0 Å². The highest BCUT2D eigenvalue weighted by Gasteiger charge is 2.34. The highest BCUT2D eigenvalue weighted by atomic mass is 16.5. The van der Waals surface area contributed by atoms with Gasteiger partial charge in [0.2, 0.25) is 6.10 Å². The second-order valence-corrected chi connectivity index (χ2v) is 6.39. The molecule has 1 amide bonds. The second kappa shape index (κ2) is 7.07. The Labute approximate surface area is 147 Å². The molecule has 2 aromatic rings. The molecule has 1 unspecified atom stereocenters. The van der Waals surface area contributed by atoms with Crippen molar-refractivity contribution < 1.29 is 9.53 Å². The van der Waals surface area contributed by atoms with Crippen LogP contribution < -0.4 is 0 Å². The minimum atomic E-state index is -0.599. The minimum absolute atomic E-state index is 0.215. The molecule has 1 fully saturated rings. The second-order valence-electron chi connectivity index (χ2n) is 6.39. The average Bonchev–Trinajstić information content (AvgIpc) is 3.06. The molecule has 2 aliphatic rings. The molecule has 1 saturated heterocycles. The fraction of sp³-hybridized carbons (Fsp3) is 0.300. The molecule has 4 rings (SSSR count). The maximum Gasteiger partial charge on any atom is 0.296 e. The van der Waals surface area contributed by atoms with Crippen LogP contribution in [0.15, 0.2) is 65.7 Å². The Morgan fingerprint density at radius 3 is 2.24 bits per heavy atom. The predicted molar refractivity (Wildman–Crippen MR) is 96.0 cm³/mol. The van der Waals surface area contributed by atoms with E-state index in [9.17, 15) is 4.79 Å². The lowest BCUT2D eigenvalue weighted by atomic mass is 10.1. The van der Waals surface area contributed by atoms with Crippen LogP contribution in [0.2, 0.25) is 0 Å². The van der Waals surface area contributed by atoms with Gasteiger partial charge in [-0.2, -0.15) is 4.99 Å². The van der Waals surface area contributed by atoms with E-state index in [4.69, 9.17) is 4.74 Å². The van der Waals surface area contributed by atoms with Crippen LogP contribution in [0.25, 0.3) is 0 Å². The highest BCUT2D eigenvalue weighted by Crippen LogP contribution is 2.25. The molecule has 0 aliphatic carbocycles. The molecule has 5 heteroatoms. The van der Waals surface area contributed by atoms with Gasteiger partial charge in [-0.25, -0.2) is 0 Å². The standard InChI is InChI=1S/C20H21N3O2/c24-19-18(17-9-5-2-6-10-17)25-20(21-19)23-13-11-22(12-14-23)15-16-7-3-1-4-8-16/h1-10,18H,11-15H2. The lowest BCUT2D eigenvalue weighted by molar-refractivity contribution is -0.123. The largest absolute Gasteiger partial charge is 0.446 e. The fourth-order valence-corrected chi connectivity index (χ4v) is 3.26. The average molecular weight is 335 g/mol. The van der Waals surface area contributed by atoms with Gasteiger partial charge >= 0.3 is 0 Å². The number of hydrogen-bond acceptors (Lipinski definition) is 4. The SMILES string of the molecule is O=C1N=C(N2CCN(Cc3ccccc3)CC2)OC1c1ccccc1. The van der Waals surface area contributed by atoms with Gasteiger partial charge in [-0.15, -0.1) is 0 Å². The molecule has 0 radical (unpaired) electrons. The minimum Gasteiger partial charge on any atom is -0.446 e. The van der Waals surface area contributed by atoms with Crippen LogP contribution in [0.3, 0.4) is 0 Å². The van der Waals surface area contributed by atoms with Gasteiger partial charge in [0.25, 0.3) is 11.9 Å². The van der Waals surface area contributed by atoms with Gasteiger partial charge in [0.15, 0.2) is 0 Å². The van der Waals surface area contributed by atoms with Gasteiger partial charge < -0.3 is 9.64 Å². The van der Waals surface area contributed by atoms with Crippen LogP contribution in [-0.2, 0) is 16.1 Å². The number of piperazine rings is 1. The number of amides is 1. The Kier molecular flexibility index (Phi) is 4.48. The van der Waals surface area contributed by atoms with Crippen LogP contribution in [0, 0.1) is 0 Å². The molecule has 1 atom stereocenters. The van der Waals surface area contributed by atoms with Crippen molar-refractivity contribution in [2.24, 2.45) is 4.99 Å². The Morgan fingerprint density at radius 2 is 1.56 bits per heavy atom. The topological polar surface area (TPSA) is 45.1 Å². The van der Waals surface area contributed by atoms with Gasteiger partial charge in [-0.05, 0) is 5.56 Å². The molecule has 2 heterocycles. The Balaban J connectivity index is 1.34. The van der Waals surface area contributed by atoms with E-state index in [0.29, 0.717) is 6.02 Å². The normalized spacial score (nSPS) is 21.1. The van der Waals surface area contributed by atoms with E-state index in [1.165, 1.54) is 5.56 Å².